The summed E-state index contributed by atoms with van der Waals surface area (Å²) in [5.41, 5.74) is 1.93. The van der Waals surface area contributed by atoms with E-state index in [0.717, 1.165) is 54.1 Å². The van der Waals surface area contributed by atoms with E-state index in [2.05, 4.69) is 42.6 Å². The molecule has 0 radical (unpaired) electrons. The molecule has 0 aliphatic carbocycles. The van der Waals surface area contributed by atoms with Crippen molar-refractivity contribution in [1.82, 2.24) is 25.6 Å². The molecule has 4 heterocycles. The molecule has 3 aromatic rings. The highest BCUT2D eigenvalue weighted by Gasteiger charge is 2.29. The lowest BCUT2D eigenvalue weighted by atomic mass is 9.98. The van der Waals surface area contributed by atoms with Crippen LogP contribution < -0.4 is 15.5 Å². The van der Waals surface area contributed by atoms with Gasteiger partial charge in [0.1, 0.15) is 17.8 Å². The number of nitrogens with one attached hydrogen (secondary N) is 3. The van der Waals surface area contributed by atoms with Crippen LogP contribution in [0.2, 0.25) is 0 Å². The predicted octanol–water partition coefficient (Wildman–Crippen LogP) is 2.96. The summed E-state index contributed by atoms with van der Waals surface area (Å²) >= 11 is 1.59. The number of hydrogen-bond donors (Lipinski definition) is 3. The maximum Gasteiger partial charge on any atom is 0.259 e. The molecule has 0 saturated carbocycles. The minimum atomic E-state index is -0.0477. The van der Waals surface area contributed by atoms with Gasteiger partial charge in [-0.1, -0.05) is 30.3 Å². The smallest absolute Gasteiger partial charge is 0.259 e. The molecule has 5 rings (SSSR count). The van der Waals surface area contributed by atoms with Gasteiger partial charge < -0.3 is 20.5 Å². The highest BCUT2D eigenvalue weighted by Crippen LogP contribution is 2.30. The van der Waals surface area contributed by atoms with E-state index in [1.807, 2.05) is 36.7 Å². The van der Waals surface area contributed by atoms with Crippen LogP contribution in [0.15, 0.2) is 60.0 Å². The van der Waals surface area contributed by atoms with Gasteiger partial charge in [-0.05, 0) is 31.0 Å². The Morgan fingerprint density at radius 2 is 2.13 bits per heavy atom. The molecule has 3 N–H and O–H groups in total. The summed E-state index contributed by atoms with van der Waals surface area (Å²) in [5, 5.41) is 7.79. The molecule has 1 amide bonds. The van der Waals surface area contributed by atoms with E-state index < -0.39 is 0 Å². The van der Waals surface area contributed by atoms with Gasteiger partial charge in [-0.3, -0.25) is 4.79 Å². The molecule has 2 aliphatic rings. The number of carbonyl (C=O) groups is 1. The maximum absolute atomic E-state index is 13.2. The second-order valence-corrected chi connectivity index (χ2v) is 8.67. The summed E-state index contributed by atoms with van der Waals surface area (Å²) in [4.78, 5) is 27.8. The number of rotatable bonds is 5. The number of nitrogens with zero attached hydrogens (tertiary/aromatic N) is 3. The number of anilines is 1. The Balaban J connectivity index is 1.39. The quantitative estimate of drug-likeness (QED) is 0.588. The molecule has 1 unspecified atom stereocenters. The van der Waals surface area contributed by atoms with E-state index in [4.69, 9.17) is 0 Å². The summed E-state index contributed by atoms with van der Waals surface area (Å²) in [6, 6.07) is 12.4. The van der Waals surface area contributed by atoms with Gasteiger partial charge in [-0.25, -0.2) is 9.97 Å². The molecule has 1 saturated heterocycles. The number of carbonyl (C=O) groups excluding carboxylic acids is 1. The fourth-order valence-corrected chi connectivity index (χ4v) is 5.06. The molecule has 30 heavy (non-hydrogen) atoms. The zero-order valence-electron chi connectivity index (χ0n) is 16.5. The Labute approximate surface area is 179 Å². The zero-order chi connectivity index (χ0) is 20.3. The lowest BCUT2D eigenvalue weighted by Gasteiger charge is -2.28. The lowest BCUT2D eigenvalue weighted by Crippen LogP contribution is -2.41. The fraction of sp³-hybridized carbons (Fsp3) is 0.318. The highest BCUT2D eigenvalue weighted by atomic mass is 32.2. The number of H-pyrrole nitrogens is 1. The van der Waals surface area contributed by atoms with Crippen LogP contribution in [0.5, 0.6) is 0 Å². The van der Waals surface area contributed by atoms with Crippen LogP contribution in [0.4, 0.5) is 5.82 Å². The maximum atomic E-state index is 13.2. The number of amides is 1. The predicted molar refractivity (Wildman–Crippen MR) is 120 cm³/mol. The largest absolute Gasteiger partial charge is 0.346 e. The van der Waals surface area contributed by atoms with Crippen molar-refractivity contribution in [1.29, 1.82) is 0 Å². The summed E-state index contributed by atoms with van der Waals surface area (Å²) in [6.07, 6.45) is 7.53. The summed E-state index contributed by atoms with van der Waals surface area (Å²) in [6.45, 7) is 1.79. The van der Waals surface area contributed by atoms with Crippen molar-refractivity contribution >= 4 is 34.5 Å². The van der Waals surface area contributed by atoms with Crippen LogP contribution in [-0.4, -0.2) is 45.7 Å². The van der Waals surface area contributed by atoms with Gasteiger partial charge in [0.25, 0.3) is 5.91 Å². The number of benzene rings is 1. The molecule has 2 aromatic heterocycles. The number of fused-ring (bicyclic) bond motifs is 1. The van der Waals surface area contributed by atoms with Crippen molar-refractivity contribution in [2.75, 3.05) is 23.7 Å². The van der Waals surface area contributed by atoms with Crippen molar-refractivity contribution in [2.24, 2.45) is 0 Å². The average Bonchev–Trinajstić information content (AvgIpc) is 3.50. The summed E-state index contributed by atoms with van der Waals surface area (Å²) in [5.74, 6) is 1.61. The normalized spacial score (nSPS) is 20.2. The van der Waals surface area contributed by atoms with Crippen molar-refractivity contribution in [3.05, 3.63) is 65.6 Å². The van der Waals surface area contributed by atoms with Crippen LogP contribution in [0.3, 0.4) is 0 Å². The summed E-state index contributed by atoms with van der Waals surface area (Å²) < 4.78 is 0. The molecule has 7 nitrogen and oxygen atoms in total. The number of aromatic amines is 1. The van der Waals surface area contributed by atoms with Gasteiger partial charge in [0, 0.05) is 30.7 Å². The number of hydrogen-bond acceptors (Lipinski definition) is 6. The Hall–Kier alpha value is -2.84. The molecule has 8 heteroatoms. The van der Waals surface area contributed by atoms with Crippen molar-refractivity contribution in [3.8, 4) is 0 Å². The number of thioether (sulfide) groups is 1. The molecule has 2 atom stereocenters. The van der Waals surface area contributed by atoms with Crippen molar-refractivity contribution in [3.63, 3.8) is 0 Å². The first-order valence-electron chi connectivity index (χ1n) is 10.3. The van der Waals surface area contributed by atoms with Gasteiger partial charge in [-0.2, -0.15) is 0 Å². The molecule has 2 aliphatic heterocycles. The number of aromatic nitrogens is 3. The highest BCUT2D eigenvalue weighted by molar-refractivity contribution is 8.04. The zero-order valence-corrected chi connectivity index (χ0v) is 17.4. The van der Waals surface area contributed by atoms with Crippen LogP contribution in [0, 0.1) is 0 Å². The molecule has 1 aromatic carbocycles. The lowest BCUT2D eigenvalue weighted by molar-refractivity contribution is -0.117. The average molecular weight is 421 g/mol. The Morgan fingerprint density at radius 3 is 2.97 bits per heavy atom. The van der Waals surface area contributed by atoms with E-state index >= 15 is 0 Å². The third-order valence-corrected chi connectivity index (χ3v) is 6.63. The third-order valence-electron chi connectivity index (χ3n) is 5.64. The van der Waals surface area contributed by atoms with Gasteiger partial charge >= 0.3 is 0 Å². The van der Waals surface area contributed by atoms with E-state index in [9.17, 15) is 4.79 Å². The van der Waals surface area contributed by atoms with E-state index in [0.29, 0.717) is 4.91 Å². The molecular formula is C22H24N6OS. The first-order valence-corrected chi connectivity index (χ1v) is 11.3. The van der Waals surface area contributed by atoms with Crippen molar-refractivity contribution in [2.45, 2.75) is 24.9 Å². The van der Waals surface area contributed by atoms with Crippen LogP contribution in [0.25, 0.3) is 11.0 Å². The van der Waals surface area contributed by atoms with Gasteiger partial charge in [0.2, 0.25) is 0 Å². The second kappa shape index (κ2) is 8.49. The van der Waals surface area contributed by atoms with E-state index in [1.54, 1.807) is 18.1 Å². The Morgan fingerprint density at radius 1 is 1.23 bits per heavy atom. The first-order chi connectivity index (χ1) is 14.8. The molecule has 0 spiro atoms. The van der Waals surface area contributed by atoms with Crippen molar-refractivity contribution < 1.29 is 4.79 Å². The Bertz CT molecular complexity index is 1060. The minimum absolute atomic E-state index is 0.0355. The van der Waals surface area contributed by atoms with Crippen LogP contribution in [0.1, 0.15) is 24.4 Å². The third kappa shape index (κ3) is 3.80. The van der Waals surface area contributed by atoms with E-state index in [-0.39, 0.29) is 18.0 Å². The first kappa shape index (κ1) is 19.1. The van der Waals surface area contributed by atoms with Crippen LogP contribution in [-0.2, 0) is 4.79 Å². The molecule has 1 fully saturated rings. The topological polar surface area (TPSA) is 85.9 Å². The SMILES string of the molecule is O=C(NC(c1ccccc1)[C@@H]1CCCN1)C1=CN(c2ncnc3[nH]ccc23)CCS1. The van der Waals surface area contributed by atoms with Gasteiger partial charge in [0.15, 0.2) is 0 Å². The minimum Gasteiger partial charge on any atom is -0.346 e. The fourth-order valence-electron chi connectivity index (χ4n) is 4.16. The monoisotopic (exact) mass is 420 g/mol. The second-order valence-electron chi connectivity index (χ2n) is 7.54. The van der Waals surface area contributed by atoms with Crippen LogP contribution >= 0.6 is 11.8 Å². The summed E-state index contributed by atoms with van der Waals surface area (Å²) in [7, 11) is 0. The van der Waals surface area contributed by atoms with E-state index in [1.165, 1.54) is 0 Å². The molecular weight excluding hydrogens is 396 g/mol. The molecule has 154 valence electrons. The standard InChI is InChI=1S/C22H24N6OS/c29-22(27-19(17-7-4-9-23-17)15-5-2-1-3-6-15)18-13-28(11-12-30-18)21-16-8-10-24-20(16)25-14-26-21/h1-3,5-6,8,10,13-14,17,19,23H,4,7,9,11-12H2,(H,27,29)(H,24,25,26)/t17-,19?/m0/s1. The van der Waals surface area contributed by atoms with Gasteiger partial charge in [-0.15, -0.1) is 11.8 Å². The van der Waals surface area contributed by atoms with Gasteiger partial charge in [0.05, 0.1) is 16.3 Å². The molecule has 0 bridgehead atoms. The Kier molecular flexibility index (Phi) is 5.42.